The molecule has 3 rings (SSSR count). The summed E-state index contributed by atoms with van der Waals surface area (Å²) in [5.41, 5.74) is 2.30. The van der Waals surface area contributed by atoms with E-state index in [9.17, 15) is 0 Å². The number of hydrogen-bond acceptors (Lipinski definition) is 3. The maximum absolute atomic E-state index is 3.63. The van der Waals surface area contributed by atoms with E-state index in [1.54, 1.807) is 0 Å². The van der Waals surface area contributed by atoms with E-state index in [-0.39, 0.29) is 6.17 Å². The average molecular weight is 281 g/mol. The SMILES string of the molecule is c1ccc(NC(Nc2ccccc2)C2CCCCN2)cc1. The number of nitrogens with one attached hydrogen (secondary N) is 3. The molecular formula is C18H23N3. The molecule has 2 aromatic carbocycles. The lowest BCUT2D eigenvalue weighted by atomic mass is 10.0. The molecule has 110 valence electrons. The van der Waals surface area contributed by atoms with Crippen molar-refractivity contribution >= 4 is 11.4 Å². The van der Waals surface area contributed by atoms with E-state index in [1.807, 2.05) is 12.1 Å². The second-order valence-electron chi connectivity index (χ2n) is 5.55. The van der Waals surface area contributed by atoms with Crippen molar-refractivity contribution < 1.29 is 0 Å². The van der Waals surface area contributed by atoms with Crippen molar-refractivity contribution in [3.8, 4) is 0 Å². The van der Waals surface area contributed by atoms with Crippen molar-refractivity contribution in [3.63, 3.8) is 0 Å². The van der Waals surface area contributed by atoms with Crippen molar-refractivity contribution in [1.82, 2.24) is 5.32 Å². The van der Waals surface area contributed by atoms with Gasteiger partial charge < -0.3 is 16.0 Å². The molecular weight excluding hydrogens is 258 g/mol. The highest BCUT2D eigenvalue weighted by molar-refractivity contribution is 5.49. The fourth-order valence-electron chi connectivity index (χ4n) is 2.83. The molecule has 0 spiro atoms. The lowest BCUT2D eigenvalue weighted by Gasteiger charge is -2.33. The predicted molar refractivity (Wildman–Crippen MR) is 89.6 cm³/mol. The van der Waals surface area contributed by atoms with Crippen molar-refractivity contribution in [1.29, 1.82) is 0 Å². The summed E-state index contributed by atoms with van der Waals surface area (Å²) in [4.78, 5) is 0. The van der Waals surface area contributed by atoms with Crippen LogP contribution in [-0.2, 0) is 0 Å². The molecule has 0 bridgehead atoms. The van der Waals surface area contributed by atoms with E-state index in [4.69, 9.17) is 0 Å². The smallest absolute Gasteiger partial charge is 0.112 e. The molecule has 1 fully saturated rings. The highest BCUT2D eigenvalue weighted by Crippen LogP contribution is 2.18. The third-order valence-electron chi connectivity index (χ3n) is 3.94. The molecule has 1 aliphatic rings. The lowest BCUT2D eigenvalue weighted by Crippen LogP contribution is -2.50. The van der Waals surface area contributed by atoms with Crippen LogP contribution in [-0.4, -0.2) is 18.8 Å². The summed E-state index contributed by atoms with van der Waals surface area (Å²) < 4.78 is 0. The molecule has 3 nitrogen and oxygen atoms in total. The van der Waals surface area contributed by atoms with E-state index < -0.39 is 0 Å². The van der Waals surface area contributed by atoms with E-state index in [2.05, 4.69) is 64.5 Å². The van der Waals surface area contributed by atoms with Gasteiger partial charge in [-0.2, -0.15) is 0 Å². The third-order valence-corrected chi connectivity index (χ3v) is 3.94. The molecule has 2 aromatic rings. The molecule has 1 aliphatic heterocycles. The van der Waals surface area contributed by atoms with Crippen LogP contribution in [0, 0.1) is 0 Å². The molecule has 1 saturated heterocycles. The fraction of sp³-hybridized carbons (Fsp3) is 0.333. The molecule has 1 heterocycles. The van der Waals surface area contributed by atoms with E-state index in [1.165, 1.54) is 19.3 Å². The first-order chi connectivity index (χ1) is 10.4. The van der Waals surface area contributed by atoms with Gasteiger partial charge in [0.2, 0.25) is 0 Å². The standard InChI is InChI=1S/C18H23N3/c1-3-9-15(10-4-1)20-18(17-13-7-8-14-19-17)21-16-11-5-2-6-12-16/h1-6,9-12,17-21H,7-8,13-14H2. The Bertz CT molecular complexity index is 479. The first kappa shape index (κ1) is 14.0. The van der Waals surface area contributed by atoms with Crippen LogP contribution >= 0.6 is 0 Å². The Labute approximate surface area is 126 Å². The Morgan fingerprint density at radius 3 is 1.86 bits per heavy atom. The van der Waals surface area contributed by atoms with Crippen LogP contribution in [0.5, 0.6) is 0 Å². The largest absolute Gasteiger partial charge is 0.364 e. The minimum absolute atomic E-state index is 0.190. The zero-order valence-corrected chi connectivity index (χ0v) is 12.3. The predicted octanol–water partition coefficient (Wildman–Crippen LogP) is 3.68. The zero-order chi connectivity index (χ0) is 14.3. The maximum Gasteiger partial charge on any atom is 0.112 e. The van der Waals surface area contributed by atoms with Crippen LogP contribution in [0.15, 0.2) is 60.7 Å². The zero-order valence-electron chi connectivity index (χ0n) is 12.3. The van der Waals surface area contributed by atoms with Gasteiger partial charge in [-0.05, 0) is 43.7 Å². The molecule has 0 aromatic heterocycles. The third kappa shape index (κ3) is 3.99. The van der Waals surface area contributed by atoms with Crippen LogP contribution < -0.4 is 16.0 Å². The van der Waals surface area contributed by atoms with Gasteiger partial charge in [0.15, 0.2) is 0 Å². The maximum atomic E-state index is 3.63. The van der Waals surface area contributed by atoms with E-state index in [0.717, 1.165) is 17.9 Å². The molecule has 0 aliphatic carbocycles. The molecule has 1 unspecified atom stereocenters. The molecule has 0 radical (unpaired) electrons. The fourth-order valence-corrected chi connectivity index (χ4v) is 2.83. The minimum atomic E-state index is 0.190. The van der Waals surface area contributed by atoms with Gasteiger partial charge in [-0.1, -0.05) is 42.8 Å². The van der Waals surface area contributed by atoms with Crippen molar-refractivity contribution in [2.75, 3.05) is 17.2 Å². The van der Waals surface area contributed by atoms with Crippen LogP contribution in [0.25, 0.3) is 0 Å². The molecule has 0 saturated carbocycles. The summed E-state index contributed by atoms with van der Waals surface area (Å²) in [6.07, 6.45) is 3.96. The quantitative estimate of drug-likeness (QED) is 0.732. The van der Waals surface area contributed by atoms with Crippen molar-refractivity contribution in [3.05, 3.63) is 60.7 Å². The molecule has 0 amide bonds. The summed E-state index contributed by atoms with van der Waals surface area (Å²) >= 11 is 0. The first-order valence-electron chi connectivity index (χ1n) is 7.78. The molecule has 3 heteroatoms. The highest BCUT2D eigenvalue weighted by atomic mass is 15.2. The Kier molecular flexibility index (Phi) is 4.74. The summed E-state index contributed by atoms with van der Waals surface area (Å²) in [6, 6.07) is 21.3. The normalized spacial score (nSPS) is 18.4. The van der Waals surface area contributed by atoms with Gasteiger partial charge >= 0.3 is 0 Å². The number of benzene rings is 2. The van der Waals surface area contributed by atoms with Crippen LogP contribution in [0.4, 0.5) is 11.4 Å². The number of para-hydroxylation sites is 2. The molecule has 21 heavy (non-hydrogen) atoms. The van der Waals surface area contributed by atoms with Gasteiger partial charge in [0, 0.05) is 17.4 Å². The molecule has 3 N–H and O–H groups in total. The van der Waals surface area contributed by atoms with Crippen molar-refractivity contribution in [2.45, 2.75) is 31.5 Å². The number of hydrogen-bond donors (Lipinski definition) is 3. The van der Waals surface area contributed by atoms with Gasteiger partial charge in [-0.3, -0.25) is 0 Å². The number of rotatable bonds is 5. The summed E-state index contributed by atoms with van der Waals surface area (Å²) in [6.45, 7) is 1.11. The van der Waals surface area contributed by atoms with E-state index in [0.29, 0.717) is 6.04 Å². The van der Waals surface area contributed by atoms with Crippen LogP contribution in [0.1, 0.15) is 19.3 Å². The Hall–Kier alpha value is -2.00. The number of piperidine rings is 1. The Balaban J connectivity index is 1.73. The van der Waals surface area contributed by atoms with Gasteiger partial charge in [0.25, 0.3) is 0 Å². The van der Waals surface area contributed by atoms with Gasteiger partial charge in [0.1, 0.15) is 6.17 Å². The van der Waals surface area contributed by atoms with E-state index >= 15 is 0 Å². The van der Waals surface area contributed by atoms with Crippen LogP contribution in [0.2, 0.25) is 0 Å². The first-order valence-corrected chi connectivity index (χ1v) is 7.78. The average Bonchev–Trinajstić information content (AvgIpc) is 2.57. The van der Waals surface area contributed by atoms with Crippen LogP contribution in [0.3, 0.4) is 0 Å². The van der Waals surface area contributed by atoms with Gasteiger partial charge in [-0.15, -0.1) is 0 Å². The summed E-state index contributed by atoms with van der Waals surface area (Å²) in [5.74, 6) is 0. The second-order valence-corrected chi connectivity index (χ2v) is 5.55. The van der Waals surface area contributed by atoms with Gasteiger partial charge in [-0.25, -0.2) is 0 Å². The van der Waals surface area contributed by atoms with Gasteiger partial charge in [0.05, 0.1) is 0 Å². The topological polar surface area (TPSA) is 36.1 Å². The summed E-state index contributed by atoms with van der Waals surface area (Å²) in [7, 11) is 0. The Morgan fingerprint density at radius 2 is 1.38 bits per heavy atom. The highest BCUT2D eigenvalue weighted by Gasteiger charge is 2.23. The lowest BCUT2D eigenvalue weighted by molar-refractivity contribution is 0.376. The summed E-state index contributed by atoms with van der Waals surface area (Å²) in [5, 5.41) is 10.9. The molecule has 1 atom stereocenters. The Morgan fingerprint density at radius 1 is 0.810 bits per heavy atom. The monoisotopic (exact) mass is 281 g/mol. The number of anilines is 2. The second kappa shape index (κ2) is 7.14. The van der Waals surface area contributed by atoms with Crippen molar-refractivity contribution in [2.24, 2.45) is 0 Å². The minimum Gasteiger partial charge on any atom is -0.364 e.